The van der Waals surface area contributed by atoms with E-state index in [1.54, 1.807) is 0 Å². The van der Waals surface area contributed by atoms with E-state index < -0.39 is 30.4 Å². The Bertz CT molecular complexity index is 750. The highest BCUT2D eigenvalue weighted by atomic mass is 19.4. The van der Waals surface area contributed by atoms with E-state index in [4.69, 9.17) is 10.5 Å². The lowest BCUT2D eigenvalue weighted by molar-refractivity contribution is -0.411. The molecule has 0 bridgehead atoms. The van der Waals surface area contributed by atoms with E-state index in [-0.39, 0.29) is 17.2 Å². The predicted molar refractivity (Wildman–Crippen MR) is 74.9 cm³/mol. The second-order valence-electron chi connectivity index (χ2n) is 4.80. The van der Waals surface area contributed by atoms with Gasteiger partial charge in [0.15, 0.2) is 0 Å². The molecule has 2 N–H and O–H groups in total. The molecule has 4 nitrogen and oxygen atoms in total. The molecule has 1 unspecified atom stereocenters. The van der Waals surface area contributed by atoms with Crippen LogP contribution >= 0.6 is 0 Å². The Morgan fingerprint density at radius 3 is 1.92 bits per heavy atom. The number of anilines is 1. The van der Waals surface area contributed by atoms with Crippen molar-refractivity contribution < 1.29 is 44.9 Å². The Hall–Kier alpha value is -2.69. The first-order valence-electron chi connectivity index (χ1n) is 6.75. The average Bonchev–Trinajstić information content (AvgIpc) is 2.51. The Labute approximate surface area is 141 Å². The zero-order valence-corrected chi connectivity index (χ0v) is 12.6. The summed E-state index contributed by atoms with van der Waals surface area (Å²) in [5.41, 5.74) is 5.19. The summed E-state index contributed by atoms with van der Waals surface area (Å²) in [5.74, 6) is -1.27. The first-order chi connectivity index (χ1) is 12.0. The minimum absolute atomic E-state index is 0.0538. The van der Waals surface area contributed by atoms with Gasteiger partial charge in [0.2, 0.25) is 0 Å². The molecule has 142 valence electrons. The Morgan fingerprint density at radius 2 is 1.38 bits per heavy atom. The Morgan fingerprint density at radius 1 is 0.846 bits per heavy atom. The van der Waals surface area contributed by atoms with Crippen molar-refractivity contribution >= 4 is 5.69 Å². The zero-order valence-electron chi connectivity index (χ0n) is 12.6. The smallest absolute Gasteiger partial charge is 0.457 e. The summed E-state index contributed by atoms with van der Waals surface area (Å²) in [7, 11) is 0. The van der Waals surface area contributed by atoms with Crippen LogP contribution in [0.5, 0.6) is 17.2 Å². The standard InChI is InChI=1S/C15H10F7NO3/c16-11-7-10(5-6-12(11)23)24-8-1-3-9(4-2-8)25-14(18,19)13(17)26-15(20,21)22/h1-7,13H,23H2. The number of halogens is 7. The van der Waals surface area contributed by atoms with Crippen molar-refractivity contribution in [3.05, 3.63) is 48.3 Å². The van der Waals surface area contributed by atoms with Crippen LogP contribution in [0.4, 0.5) is 36.4 Å². The fraction of sp³-hybridized carbons (Fsp3) is 0.200. The molecule has 0 aromatic heterocycles. The molecule has 0 fully saturated rings. The maximum absolute atomic E-state index is 13.3. The highest BCUT2D eigenvalue weighted by Gasteiger charge is 2.50. The highest BCUT2D eigenvalue weighted by Crippen LogP contribution is 2.33. The molecule has 2 rings (SSSR count). The van der Waals surface area contributed by atoms with Gasteiger partial charge in [-0.2, -0.15) is 8.78 Å². The van der Waals surface area contributed by atoms with Gasteiger partial charge in [-0.3, -0.25) is 0 Å². The maximum atomic E-state index is 13.3. The van der Waals surface area contributed by atoms with Gasteiger partial charge < -0.3 is 15.2 Å². The normalized spacial score (nSPS) is 13.3. The first kappa shape index (κ1) is 19.6. The van der Waals surface area contributed by atoms with Crippen LogP contribution < -0.4 is 15.2 Å². The summed E-state index contributed by atoms with van der Waals surface area (Å²) in [5, 5.41) is 0. The molecule has 2 aromatic rings. The van der Waals surface area contributed by atoms with Crippen molar-refractivity contribution in [2.75, 3.05) is 5.73 Å². The third kappa shape index (κ3) is 5.41. The lowest BCUT2D eigenvalue weighted by Gasteiger charge is -2.22. The zero-order chi connectivity index (χ0) is 19.5. The van der Waals surface area contributed by atoms with Gasteiger partial charge in [-0.15, -0.1) is 13.2 Å². The minimum Gasteiger partial charge on any atom is -0.457 e. The molecule has 2 aromatic carbocycles. The van der Waals surface area contributed by atoms with Gasteiger partial charge >= 0.3 is 18.8 Å². The third-order valence-corrected chi connectivity index (χ3v) is 2.79. The Kier molecular flexibility index (Phi) is 5.50. The van der Waals surface area contributed by atoms with E-state index in [1.807, 2.05) is 0 Å². The van der Waals surface area contributed by atoms with Crippen LogP contribution in [-0.2, 0) is 4.74 Å². The van der Waals surface area contributed by atoms with Crippen LogP contribution in [0.3, 0.4) is 0 Å². The second-order valence-corrected chi connectivity index (χ2v) is 4.80. The number of hydrogen-bond donors (Lipinski definition) is 1. The van der Waals surface area contributed by atoms with E-state index in [9.17, 15) is 30.7 Å². The number of hydrogen-bond acceptors (Lipinski definition) is 4. The van der Waals surface area contributed by atoms with Crippen molar-refractivity contribution in [3.8, 4) is 17.2 Å². The van der Waals surface area contributed by atoms with Gasteiger partial charge in [0.25, 0.3) is 0 Å². The fourth-order valence-corrected chi connectivity index (χ4v) is 1.67. The van der Waals surface area contributed by atoms with Crippen LogP contribution in [0, 0.1) is 5.82 Å². The monoisotopic (exact) mass is 385 g/mol. The first-order valence-corrected chi connectivity index (χ1v) is 6.75. The van der Waals surface area contributed by atoms with E-state index in [0.29, 0.717) is 0 Å². The van der Waals surface area contributed by atoms with Crippen molar-refractivity contribution in [3.63, 3.8) is 0 Å². The van der Waals surface area contributed by atoms with Gasteiger partial charge in [-0.05, 0) is 36.4 Å². The van der Waals surface area contributed by atoms with Crippen molar-refractivity contribution in [2.24, 2.45) is 0 Å². The van der Waals surface area contributed by atoms with Crippen molar-refractivity contribution in [1.29, 1.82) is 0 Å². The van der Waals surface area contributed by atoms with Crippen LogP contribution in [0.1, 0.15) is 0 Å². The molecule has 0 saturated carbocycles. The lowest BCUT2D eigenvalue weighted by atomic mass is 10.3. The van der Waals surface area contributed by atoms with Crippen LogP contribution in [0.2, 0.25) is 0 Å². The van der Waals surface area contributed by atoms with Gasteiger partial charge in [0.1, 0.15) is 23.1 Å². The molecular formula is C15H10F7NO3. The number of benzene rings is 2. The maximum Gasteiger partial charge on any atom is 0.525 e. The fourth-order valence-electron chi connectivity index (χ4n) is 1.67. The number of alkyl halides is 6. The van der Waals surface area contributed by atoms with Gasteiger partial charge in [0.05, 0.1) is 5.69 Å². The summed E-state index contributed by atoms with van der Waals surface area (Å²) < 4.78 is 99.8. The highest BCUT2D eigenvalue weighted by molar-refractivity contribution is 5.45. The quantitative estimate of drug-likeness (QED) is 0.562. The molecule has 0 heterocycles. The summed E-state index contributed by atoms with van der Waals surface area (Å²) in [6, 6.07) is 7.53. The summed E-state index contributed by atoms with van der Waals surface area (Å²) in [4.78, 5) is 0. The largest absolute Gasteiger partial charge is 0.525 e. The van der Waals surface area contributed by atoms with Gasteiger partial charge in [0, 0.05) is 6.07 Å². The van der Waals surface area contributed by atoms with Gasteiger partial charge in [-0.25, -0.2) is 13.5 Å². The summed E-state index contributed by atoms with van der Waals surface area (Å²) in [6.07, 6.45) is -14.5. The van der Waals surface area contributed by atoms with Crippen LogP contribution in [0.25, 0.3) is 0 Å². The molecule has 26 heavy (non-hydrogen) atoms. The molecular weight excluding hydrogens is 375 g/mol. The SMILES string of the molecule is Nc1ccc(Oc2ccc(OC(F)(F)C(F)OC(F)(F)F)cc2)cc1F. The molecule has 0 saturated heterocycles. The lowest BCUT2D eigenvalue weighted by Crippen LogP contribution is -2.41. The van der Waals surface area contributed by atoms with Crippen LogP contribution in [0.15, 0.2) is 42.5 Å². The number of nitrogens with two attached hydrogens (primary N) is 1. The molecule has 0 aliphatic heterocycles. The van der Waals surface area contributed by atoms with E-state index in [2.05, 4.69) is 9.47 Å². The van der Waals surface area contributed by atoms with Crippen molar-refractivity contribution in [2.45, 2.75) is 18.8 Å². The van der Waals surface area contributed by atoms with E-state index >= 15 is 0 Å². The number of nitrogen functional groups attached to an aromatic ring is 1. The Balaban J connectivity index is 2.03. The molecule has 1 atom stereocenters. The molecule has 0 radical (unpaired) electrons. The van der Waals surface area contributed by atoms with E-state index in [0.717, 1.165) is 30.3 Å². The summed E-state index contributed by atoms with van der Waals surface area (Å²) in [6.45, 7) is 0. The third-order valence-electron chi connectivity index (χ3n) is 2.79. The molecule has 0 aliphatic carbocycles. The molecule has 0 aliphatic rings. The minimum atomic E-state index is -5.60. The molecule has 0 amide bonds. The van der Waals surface area contributed by atoms with E-state index in [1.165, 1.54) is 12.1 Å². The second kappa shape index (κ2) is 7.28. The van der Waals surface area contributed by atoms with Crippen LogP contribution in [-0.4, -0.2) is 18.8 Å². The molecule has 11 heteroatoms. The average molecular weight is 385 g/mol. The van der Waals surface area contributed by atoms with Crippen molar-refractivity contribution in [1.82, 2.24) is 0 Å². The predicted octanol–water partition coefficient (Wildman–Crippen LogP) is 5.00. The number of ether oxygens (including phenoxy) is 3. The van der Waals surface area contributed by atoms with Gasteiger partial charge in [-0.1, -0.05) is 0 Å². The number of rotatable bonds is 6. The summed E-state index contributed by atoms with van der Waals surface area (Å²) >= 11 is 0. The topological polar surface area (TPSA) is 53.7 Å². The molecule has 0 spiro atoms.